The zero-order chi connectivity index (χ0) is 16.6. The lowest BCUT2D eigenvalue weighted by atomic mass is 9.94. The Balaban J connectivity index is 2.49. The molecule has 7 heteroatoms. The molecule has 1 aliphatic rings. The summed E-state index contributed by atoms with van der Waals surface area (Å²) in [5.41, 5.74) is -1.04. The van der Waals surface area contributed by atoms with Crippen molar-refractivity contribution >= 4 is 11.9 Å². The average Bonchev–Trinajstić information content (AvgIpc) is 2.41. The number of carbonyl (C=O) groups excluding carboxylic acids is 1. The molecule has 1 rings (SSSR count). The maximum Gasteiger partial charge on any atom is 0.242 e. The van der Waals surface area contributed by atoms with E-state index < -0.39 is 5.60 Å². The summed E-state index contributed by atoms with van der Waals surface area (Å²) in [5.74, 6) is 0.404. The summed E-state index contributed by atoms with van der Waals surface area (Å²) in [4.78, 5) is 16.0. The maximum atomic E-state index is 11.8. The van der Waals surface area contributed by atoms with E-state index in [1.807, 2.05) is 27.7 Å². The third-order valence-electron chi connectivity index (χ3n) is 3.25. The molecule has 0 aromatic carbocycles. The number of aliphatic hydroxyl groups is 1. The van der Waals surface area contributed by atoms with Crippen molar-refractivity contribution in [2.75, 3.05) is 32.8 Å². The minimum absolute atomic E-state index is 0.0497. The van der Waals surface area contributed by atoms with Crippen molar-refractivity contribution < 1.29 is 14.6 Å². The van der Waals surface area contributed by atoms with Crippen LogP contribution in [0, 0.1) is 0 Å². The van der Waals surface area contributed by atoms with E-state index in [4.69, 9.17) is 4.74 Å². The Morgan fingerprint density at radius 1 is 1.27 bits per heavy atom. The minimum Gasteiger partial charge on any atom is -0.388 e. The highest BCUT2D eigenvalue weighted by molar-refractivity contribution is 5.85. The molecule has 0 unspecified atom stereocenters. The predicted octanol–water partition coefficient (Wildman–Crippen LogP) is -0.00230. The van der Waals surface area contributed by atoms with Gasteiger partial charge in [-0.2, -0.15) is 0 Å². The van der Waals surface area contributed by atoms with Crippen molar-refractivity contribution in [3.8, 4) is 0 Å². The lowest BCUT2D eigenvalue weighted by Gasteiger charge is -2.32. The molecule has 0 aromatic rings. The number of carbonyl (C=O) groups is 1. The lowest BCUT2D eigenvalue weighted by Crippen LogP contribution is -2.50. The Morgan fingerprint density at radius 3 is 2.45 bits per heavy atom. The first-order chi connectivity index (χ1) is 10.2. The molecular formula is C15H30N4O3. The predicted molar refractivity (Wildman–Crippen MR) is 86.9 cm³/mol. The molecule has 128 valence electrons. The standard InChI is InChI=1S/C15H30N4O3/c1-5-16-13(17-10-12(20)19-14(2,3)4)18-11-15(21)6-8-22-9-7-15/h21H,5-11H2,1-4H3,(H,19,20)(H2,16,17,18). The Labute approximate surface area is 132 Å². The van der Waals surface area contributed by atoms with Crippen LogP contribution in [0.15, 0.2) is 4.99 Å². The van der Waals surface area contributed by atoms with Gasteiger partial charge in [0.15, 0.2) is 5.96 Å². The van der Waals surface area contributed by atoms with Crippen molar-refractivity contribution in [3.05, 3.63) is 0 Å². The van der Waals surface area contributed by atoms with E-state index in [9.17, 15) is 9.90 Å². The van der Waals surface area contributed by atoms with Crippen LogP contribution in [0.25, 0.3) is 0 Å². The lowest BCUT2D eigenvalue weighted by molar-refractivity contribution is -0.121. The molecule has 0 radical (unpaired) electrons. The van der Waals surface area contributed by atoms with Crippen molar-refractivity contribution in [2.24, 2.45) is 4.99 Å². The molecule has 1 aliphatic heterocycles. The second-order valence-electron chi connectivity index (χ2n) is 6.68. The average molecular weight is 314 g/mol. The zero-order valence-corrected chi connectivity index (χ0v) is 14.2. The van der Waals surface area contributed by atoms with Gasteiger partial charge in [-0.3, -0.25) is 4.79 Å². The first-order valence-corrected chi connectivity index (χ1v) is 7.87. The van der Waals surface area contributed by atoms with Gasteiger partial charge in [0.05, 0.1) is 5.60 Å². The summed E-state index contributed by atoms with van der Waals surface area (Å²) in [5, 5.41) is 19.5. The summed E-state index contributed by atoms with van der Waals surface area (Å²) in [6.07, 6.45) is 1.20. The van der Waals surface area contributed by atoms with Crippen LogP contribution in [-0.2, 0) is 9.53 Å². The summed E-state index contributed by atoms with van der Waals surface area (Å²) in [7, 11) is 0. The summed E-state index contributed by atoms with van der Waals surface area (Å²) >= 11 is 0. The van der Waals surface area contributed by atoms with Crippen LogP contribution < -0.4 is 16.0 Å². The van der Waals surface area contributed by atoms with E-state index >= 15 is 0 Å². The normalized spacial score (nSPS) is 18.7. The smallest absolute Gasteiger partial charge is 0.242 e. The number of nitrogens with one attached hydrogen (secondary N) is 3. The van der Waals surface area contributed by atoms with Gasteiger partial charge in [-0.05, 0) is 27.7 Å². The van der Waals surface area contributed by atoms with Gasteiger partial charge >= 0.3 is 0 Å². The molecule has 1 saturated heterocycles. The Bertz CT molecular complexity index is 385. The molecule has 0 saturated carbocycles. The van der Waals surface area contributed by atoms with Crippen LogP contribution in [0.2, 0.25) is 0 Å². The van der Waals surface area contributed by atoms with Crippen LogP contribution in [-0.4, -0.2) is 61.0 Å². The second-order valence-corrected chi connectivity index (χ2v) is 6.68. The van der Waals surface area contributed by atoms with E-state index in [0.29, 0.717) is 45.1 Å². The van der Waals surface area contributed by atoms with Gasteiger partial charge in [-0.1, -0.05) is 0 Å². The molecule has 1 heterocycles. The van der Waals surface area contributed by atoms with Crippen LogP contribution in [0.1, 0.15) is 40.5 Å². The number of guanidine groups is 1. The van der Waals surface area contributed by atoms with Gasteiger partial charge in [-0.15, -0.1) is 0 Å². The van der Waals surface area contributed by atoms with E-state index in [1.165, 1.54) is 0 Å². The Hall–Kier alpha value is -1.34. The quantitative estimate of drug-likeness (QED) is 0.423. The van der Waals surface area contributed by atoms with Crippen molar-refractivity contribution in [1.82, 2.24) is 16.0 Å². The van der Waals surface area contributed by atoms with Crippen molar-refractivity contribution in [2.45, 2.75) is 51.7 Å². The highest BCUT2D eigenvalue weighted by Gasteiger charge is 2.29. The first kappa shape index (κ1) is 18.7. The molecule has 0 bridgehead atoms. The highest BCUT2D eigenvalue weighted by Crippen LogP contribution is 2.19. The molecular weight excluding hydrogens is 284 g/mol. The molecule has 22 heavy (non-hydrogen) atoms. The fraction of sp³-hybridized carbons (Fsp3) is 0.867. The third kappa shape index (κ3) is 7.61. The number of aliphatic imine (C=N–C) groups is 1. The van der Waals surface area contributed by atoms with Crippen molar-refractivity contribution in [1.29, 1.82) is 0 Å². The van der Waals surface area contributed by atoms with Gasteiger partial charge in [-0.25, -0.2) is 4.99 Å². The van der Waals surface area contributed by atoms with Gasteiger partial charge < -0.3 is 25.8 Å². The van der Waals surface area contributed by atoms with Crippen LogP contribution in [0.5, 0.6) is 0 Å². The fourth-order valence-electron chi connectivity index (χ4n) is 2.13. The van der Waals surface area contributed by atoms with Crippen LogP contribution in [0.4, 0.5) is 0 Å². The maximum absolute atomic E-state index is 11.8. The second kappa shape index (κ2) is 8.33. The van der Waals surface area contributed by atoms with Crippen molar-refractivity contribution in [3.63, 3.8) is 0 Å². The van der Waals surface area contributed by atoms with Gasteiger partial charge in [0, 0.05) is 44.7 Å². The van der Waals surface area contributed by atoms with Gasteiger partial charge in [0.1, 0.15) is 6.54 Å². The minimum atomic E-state index is -0.776. The number of hydrogen-bond acceptors (Lipinski definition) is 4. The molecule has 0 aromatic heterocycles. The molecule has 0 aliphatic carbocycles. The third-order valence-corrected chi connectivity index (χ3v) is 3.25. The first-order valence-electron chi connectivity index (χ1n) is 7.87. The number of hydrogen-bond donors (Lipinski definition) is 4. The summed E-state index contributed by atoms with van der Waals surface area (Å²) in [6.45, 7) is 10.0. The Kier molecular flexibility index (Phi) is 7.09. The molecule has 1 amide bonds. The van der Waals surface area contributed by atoms with Crippen LogP contribution >= 0.6 is 0 Å². The number of amides is 1. The largest absolute Gasteiger partial charge is 0.388 e. The molecule has 1 fully saturated rings. The summed E-state index contributed by atoms with van der Waals surface area (Å²) in [6, 6.07) is 0. The highest BCUT2D eigenvalue weighted by atomic mass is 16.5. The van der Waals surface area contributed by atoms with Gasteiger partial charge in [0.2, 0.25) is 5.91 Å². The summed E-state index contributed by atoms with van der Waals surface area (Å²) < 4.78 is 5.26. The van der Waals surface area contributed by atoms with E-state index in [2.05, 4.69) is 20.9 Å². The van der Waals surface area contributed by atoms with E-state index in [0.717, 1.165) is 0 Å². The number of ether oxygens (including phenoxy) is 1. The molecule has 0 atom stereocenters. The van der Waals surface area contributed by atoms with E-state index in [1.54, 1.807) is 0 Å². The zero-order valence-electron chi connectivity index (χ0n) is 14.2. The monoisotopic (exact) mass is 314 g/mol. The SMILES string of the molecule is CCNC(=NCC(=O)NC(C)(C)C)NCC1(O)CCOCC1. The van der Waals surface area contributed by atoms with Gasteiger partial charge in [0.25, 0.3) is 0 Å². The molecule has 4 N–H and O–H groups in total. The number of nitrogens with zero attached hydrogens (tertiary/aromatic N) is 1. The number of rotatable bonds is 5. The topological polar surface area (TPSA) is 95.0 Å². The Morgan fingerprint density at radius 2 is 1.91 bits per heavy atom. The molecule has 0 spiro atoms. The van der Waals surface area contributed by atoms with Crippen LogP contribution in [0.3, 0.4) is 0 Å². The van der Waals surface area contributed by atoms with E-state index in [-0.39, 0.29) is 18.0 Å². The molecule has 7 nitrogen and oxygen atoms in total. The fourth-order valence-corrected chi connectivity index (χ4v) is 2.13.